The summed E-state index contributed by atoms with van der Waals surface area (Å²) < 4.78 is 7.39. The summed E-state index contributed by atoms with van der Waals surface area (Å²) in [7, 11) is 0. The van der Waals surface area contributed by atoms with Gasteiger partial charge in [-0.25, -0.2) is 4.79 Å². The molecule has 3 aromatic rings. The number of benzene rings is 2. The summed E-state index contributed by atoms with van der Waals surface area (Å²) in [6.45, 7) is 1.04. The first-order chi connectivity index (χ1) is 17.0. The molecule has 6 nitrogen and oxygen atoms in total. The van der Waals surface area contributed by atoms with E-state index in [0.717, 1.165) is 59.6 Å². The second kappa shape index (κ2) is 12.3. The van der Waals surface area contributed by atoms with Gasteiger partial charge in [-0.2, -0.15) is 10.4 Å². The largest absolute Gasteiger partial charge is 0.480 e. The second-order valence-corrected chi connectivity index (χ2v) is 10.2. The molecular formula is C27H28ClN3O3S. The van der Waals surface area contributed by atoms with Gasteiger partial charge in [0, 0.05) is 22.7 Å². The molecule has 1 saturated carbocycles. The number of hydrogen-bond donors (Lipinski definition) is 1. The Morgan fingerprint density at radius 1 is 1.11 bits per heavy atom. The van der Waals surface area contributed by atoms with Crippen LogP contribution in [0, 0.1) is 23.2 Å². The summed E-state index contributed by atoms with van der Waals surface area (Å²) >= 11 is 7.86. The van der Waals surface area contributed by atoms with Crippen molar-refractivity contribution in [3.05, 3.63) is 59.6 Å². The first-order valence-electron chi connectivity index (χ1n) is 11.8. The van der Waals surface area contributed by atoms with Crippen LogP contribution in [0.15, 0.2) is 59.6 Å². The molecular weight excluding hydrogens is 482 g/mol. The van der Waals surface area contributed by atoms with Crippen LogP contribution in [0.4, 0.5) is 0 Å². The van der Waals surface area contributed by atoms with Crippen LogP contribution in [0.2, 0.25) is 5.02 Å². The minimum absolute atomic E-state index is 0.235. The van der Waals surface area contributed by atoms with Gasteiger partial charge in [0.05, 0.1) is 18.4 Å². The van der Waals surface area contributed by atoms with Gasteiger partial charge in [0.25, 0.3) is 0 Å². The molecule has 2 aromatic carbocycles. The first-order valence-corrected chi connectivity index (χ1v) is 13.1. The molecule has 0 saturated heterocycles. The highest BCUT2D eigenvalue weighted by Gasteiger charge is 2.26. The van der Waals surface area contributed by atoms with Crippen molar-refractivity contribution in [2.45, 2.75) is 37.3 Å². The zero-order chi connectivity index (χ0) is 24.6. The number of aromatic nitrogens is 2. The van der Waals surface area contributed by atoms with Crippen molar-refractivity contribution < 1.29 is 14.6 Å². The SMILES string of the molecule is N#CCSc1c(-c2cccc(Cl)c2)c(-c2ccccc2)nn1CC1CCC(COCC(=O)O)CC1. The number of carboxylic acids is 1. The van der Waals surface area contributed by atoms with Gasteiger partial charge in [-0.3, -0.25) is 4.68 Å². The highest BCUT2D eigenvalue weighted by atomic mass is 35.5. The van der Waals surface area contributed by atoms with Crippen LogP contribution in [-0.2, 0) is 16.1 Å². The number of rotatable bonds is 10. The van der Waals surface area contributed by atoms with Gasteiger partial charge in [-0.05, 0) is 55.2 Å². The molecule has 1 fully saturated rings. The minimum atomic E-state index is -0.926. The van der Waals surface area contributed by atoms with Gasteiger partial charge in [-0.15, -0.1) is 0 Å². The number of nitriles is 1. The molecule has 0 amide bonds. The monoisotopic (exact) mass is 509 g/mol. The summed E-state index contributed by atoms with van der Waals surface area (Å²) in [6, 6.07) is 20.2. The Hall–Kier alpha value is -2.79. The molecule has 1 aliphatic rings. The van der Waals surface area contributed by atoms with E-state index in [1.165, 1.54) is 11.8 Å². The van der Waals surface area contributed by atoms with Crippen molar-refractivity contribution in [2.24, 2.45) is 11.8 Å². The lowest BCUT2D eigenvalue weighted by atomic mass is 9.82. The molecule has 0 atom stereocenters. The van der Waals surface area contributed by atoms with Crippen LogP contribution in [0.1, 0.15) is 25.7 Å². The molecule has 0 spiro atoms. The Labute approximate surface area is 214 Å². The van der Waals surface area contributed by atoms with E-state index in [4.69, 9.17) is 26.5 Å². The quantitative estimate of drug-likeness (QED) is 0.318. The van der Waals surface area contributed by atoms with E-state index in [2.05, 4.69) is 22.9 Å². The predicted molar refractivity (Wildman–Crippen MR) is 138 cm³/mol. The third-order valence-electron chi connectivity index (χ3n) is 6.32. The Bertz CT molecular complexity index is 1180. The van der Waals surface area contributed by atoms with E-state index in [-0.39, 0.29) is 6.61 Å². The van der Waals surface area contributed by atoms with Crippen molar-refractivity contribution in [1.29, 1.82) is 5.26 Å². The fraction of sp³-hybridized carbons (Fsp3) is 0.370. The normalized spacial score (nSPS) is 17.7. The molecule has 1 heterocycles. The van der Waals surface area contributed by atoms with E-state index in [1.54, 1.807) is 0 Å². The van der Waals surface area contributed by atoms with E-state index in [9.17, 15) is 10.1 Å². The number of carbonyl (C=O) groups is 1. The van der Waals surface area contributed by atoms with Crippen molar-refractivity contribution >= 4 is 29.3 Å². The van der Waals surface area contributed by atoms with E-state index in [0.29, 0.717) is 29.2 Å². The molecule has 182 valence electrons. The van der Waals surface area contributed by atoms with Crippen LogP contribution in [0.3, 0.4) is 0 Å². The maximum atomic E-state index is 10.7. The lowest BCUT2D eigenvalue weighted by molar-refractivity contribution is -0.142. The molecule has 1 aromatic heterocycles. The average Bonchev–Trinajstić information content (AvgIpc) is 3.22. The van der Waals surface area contributed by atoms with Crippen LogP contribution in [0.25, 0.3) is 22.4 Å². The van der Waals surface area contributed by atoms with Crippen LogP contribution in [-0.4, -0.2) is 39.8 Å². The Kier molecular flexibility index (Phi) is 8.86. The standard InChI is InChI=1S/C27H28ClN3O3S/c28-23-8-4-7-22(15-23)25-26(21-5-2-1-3-6-21)30-31(27(25)35-14-13-29)16-19-9-11-20(12-10-19)17-34-18-24(32)33/h1-8,15,19-20H,9-12,14,16-18H2,(H,32,33). The summed E-state index contributed by atoms with van der Waals surface area (Å²) in [5.41, 5.74) is 3.92. The molecule has 0 unspecified atom stereocenters. The number of thioether (sulfide) groups is 1. The minimum Gasteiger partial charge on any atom is -0.480 e. The van der Waals surface area contributed by atoms with Crippen molar-refractivity contribution in [3.8, 4) is 28.5 Å². The number of nitrogens with zero attached hydrogens (tertiary/aromatic N) is 3. The first kappa shape index (κ1) is 25.3. The summed E-state index contributed by atoms with van der Waals surface area (Å²) in [6.07, 6.45) is 4.10. The number of aliphatic carboxylic acids is 1. The van der Waals surface area contributed by atoms with Crippen LogP contribution < -0.4 is 0 Å². The molecule has 4 rings (SSSR count). The number of hydrogen-bond acceptors (Lipinski definition) is 5. The van der Waals surface area contributed by atoms with Gasteiger partial charge in [-0.1, -0.05) is 65.8 Å². The Morgan fingerprint density at radius 2 is 1.83 bits per heavy atom. The highest BCUT2D eigenvalue weighted by Crippen LogP contribution is 2.41. The van der Waals surface area contributed by atoms with Gasteiger partial charge >= 0.3 is 5.97 Å². The summed E-state index contributed by atoms with van der Waals surface area (Å²) in [4.78, 5) is 10.7. The van der Waals surface area contributed by atoms with Gasteiger partial charge in [0.15, 0.2) is 0 Å². The van der Waals surface area contributed by atoms with Crippen molar-refractivity contribution in [2.75, 3.05) is 19.0 Å². The molecule has 0 radical (unpaired) electrons. The van der Waals surface area contributed by atoms with E-state index in [1.807, 2.05) is 42.5 Å². The zero-order valence-electron chi connectivity index (χ0n) is 19.4. The number of halogens is 1. The van der Waals surface area contributed by atoms with Crippen molar-refractivity contribution in [1.82, 2.24) is 9.78 Å². The molecule has 0 aliphatic heterocycles. The van der Waals surface area contributed by atoms with Crippen molar-refractivity contribution in [3.63, 3.8) is 0 Å². The lowest BCUT2D eigenvalue weighted by Gasteiger charge is -2.28. The van der Waals surface area contributed by atoms with E-state index < -0.39 is 5.97 Å². The smallest absolute Gasteiger partial charge is 0.329 e. The highest BCUT2D eigenvalue weighted by molar-refractivity contribution is 7.99. The fourth-order valence-corrected chi connectivity index (χ4v) is 5.67. The third-order valence-corrected chi connectivity index (χ3v) is 7.51. The molecule has 1 aliphatic carbocycles. The van der Waals surface area contributed by atoms with Gasteiger partial charge < -0.3 is 9.84 Å². The third kappa shape index (κ3) is 6.66. The fourth-order valence-electron chi connectivity index (χ4n) is 4.66. The van der Waals surface area contributed by atoms with E-state index >= 15 is 0 Å². The molecule has 0 bridgehead atoms. The second-order valence-electron chi connectivity index (χ2n) is 8.83. The lowest BCUT2D eigenvalue weighted by Crippen LogP contribution is -2.23. The van der Waals surface area contributed by atoms with Gasteiger partial charge in [0.2, 0.25) is 0 Å². The molecule has 8 heteroatoms. The Morgan fingerprint density at radius 3 is 2.51 bits per heavy atom. The van der Waals surface area contributed by atoms with Gasteiger partial charge in [0.1, 0.15) is 17.3 Å². The van der Waals surface area contributed by atoms with Crippen LogP contribution >= 0.6 is 23.4 Å². The topological polar surface area (TPSA) is 88.1 Å². The maximum absolute atomic E-state index is 10.7. The maximum Gasteiger partial charge on any atom is 0.329 e. The Balaban J connectivity index is 1.61. The zero-order valence-corrected chi connectivity index (χ0v) is 21.0. The molecule has 35 heavy (non-hydrogen) atoms. The summed E-state index contributed by atoms with van der Waals surface area (Å²) in [5.74, 6) is 0.270. The molecule has 1 N–H and O–H groups in total. The number of carboxylic acid groups (broad SMARTS) is 1. The van der Waals surface area contributed by atoms with Crippen LogP contribution in [0.5, 0.6) is 0 Å². The number of ether oxygens (including phenoxy) is 1. The summed E-state index contributed by atoms with van der Waals surface area (Å²) in [5, 5.41) is 24.8. The predicted octanol–water partition coefficient (Wildman–Crippen LogP) is 6.39. The average molecular weight is 510 g/mol.